The van der Waals surface area contributed by atoms with Crippen molar-refractivity contribution in [1.82, 2.24) is 4.98 Å². The zero-order valence-electron chi connectivity index (χ0n) is 6.87. The van der Waals surface area contributed by atoms with Crippen LogP contribution in [-0.2, 0) is 5.60 Å². The van der Waals surface area contributed by atoms with Crippen molar-refractivity contribution < 1.29 is 9.90 Å². The van der Waals surface area contributed by atoms with Crippen LogP contribution in [0.15, 0.2) is 6.20 Å². The molecular formula is C7H10N2O2S. The molecule has 0 radical (unpaired) electrons. The third kappa shape index (κ3) is 1.80. The molecule has 0 spiro atoms. The molecule has 0 atom stereocenters. The lowest BCUT2D eigenvalue weighted by Gasteiger charge is -2.11. The number of amides is 1. The zero-order chi connectivity index (χ0) is 9.35. The highest BCUT2D eigenvalue weighted by molar-refractivity contribution is 7.13. The van der Waals surface area contributed by atoms with E-state index in [9.17, 15) is 9.90 Å². The monoisotopic (exact) mass is 186 g/mol. The van der Waals surface area contributed by atoms with E-state index in [1.807, 2.05) is 0 Å². The standard InChI is InChI=1S/C7H10N2O2S/c1-7(2,11)6-9-3-4(12-6)5(8)10/h3,11H,1-2H3,(H2,8,10). The number of rotatable bonds is 2. The van der Waals surface area contributed by atoms with Gasteiger partial charge >= 0.3 is 0 Å². The van der Waals surface area contributed by atoms with Crippen molar-refractivity contribution in [3.8, 4) is 0 Å². The van der Waals surface area contributed by atoms with Crippen LogP contribution in [0.3, 0.4) is 0 Å². The summed E-state index contributed by atoms with van der Waals surface area (Å²) < 4.78 is 0. The molecular weight excluding hydrogens is 176 g/mol. The van der Waals surface area contributed by atoms with Gasteiger partial charge in [0.15, 0.2) is 0 Å². The van der Waals surface area contributed by atoms with Crippen molar-refractivity contribution in [1.29, 1.82) is 0 Å². The average Bonchev–Trinajstić information content (AvgIpc) is 2.30. The quantitative estimate of drug-likeness (QED) is 0.704. The maximum Gasteiger partial charge on any atom is 0.260 e. The number of carbonyl (C=O) groups is 1. The first kappa shape index (κ1) is 9.15. The Morgan fingerprint density at radius 2 is 2.33 bits per heavy atom. The van der Waals surface area contributed by atoms with Crippen LogP contribution in [0.25, 0.3) is 0 Å². The lowest BCUT2D eigenvalue weighted by atomic mass is 10.2. The molecule has 1 aromatic heterocycles. The third-order valence-electron chi connectivity index (χ3n) is 1.27. The molecule has 0 aliphatic carbocycles. The van der Waals surface area contributed by atoms with Gasteiger partial charge in [-0.1, -0.05) is 0 Å². The number of carbonyl (C=O) groups excluding carboxylic acids is 1. The molecule has 4 nitrogen and oxygen atoms in total. The van der Waals surface area contributed by atoms with E-state index < -0.39 is 11.5 Å². The summed E-state index contributed by atoms with van der Waals surface area (Å²) in [4.78, 5) is 14.9. The first-order valence-corrected chi connectivity index (χ1v) is 4.21. The van der Waals surface area contributed by atoms with Crippen LogP contribution >= 0.6 is 11.3 Å². The van der Waals surface area contributed by atoms with Crippen molar-refractivity contribution in [2.45, 2.75) is 19.4 Å². The van der Waals surface area contributed by atoms with Crippen molar-refractivity contribution in [2.75, 3.05) is 0 Å². The van der Waals surface area contributed by atoms with Gasteiger partial charge in [-0.25, -0.2) is 4.98 Å². The molecule has 0 unspecified atom stereocenters. The topological polar surface area (TPSA) is 76.2 Å². The number of nitrogens with two attached hydrogens (primary N) is 1. The first-order valence-electron chi connectivity index (χ1n) is 3.40. The van der Waals surface area contributed by atoms with E-state index in [1.54, 1.807) is 13.8 Å². The van der Waals surface area contributed by atoms with Crippen LogP contribution in [0, 0.1) is 0 Å². The number of aliphatic hydroxyl groups is 1. The fourth-order valence-corrected chi connectivity index (χ4v) is 1.44. The minimum Gasteiger partial charge on any atom is -0.383 e. The Morgan fingerprint density at radius 1 is 1.75 bits per heavy atom. The number of hydrogen-bond acceptors (Lipinski definition) is 4. The van der Waals surface area contributed by atoms with E-state index in [0.717, 1.165) is 11.3 Å². The van der Waals surface area contributed by atoms with Crippen LogP contribution in [0.2, 0.25) is 0 Å². The number of primary amides is 1. The summed E-state index contributed by atoms with van der Waals surface area (Å²) in [6.07, 6.45) is 1.38. The molecule has 1 amide bonds. The molecule has 0 aromatic carbocycles. The summed E-state index contributed by atoms with van der Waals surface area (Å²) in [5.41, 5.74) is 4.02. The second-order valence-electron chi connectivity index (χ2n) is 2.95. The Labute approximate surface area is 74.0 Å². The van der Waals surface area contributed by atoms with Crippen LogP contribution in [0.5, 0.6) is 0 Å². The number of thiazole rings is 1. The number of hydrogen-bond donors (Lipinski definition) is 2. The minimum absolute atomic E-state index is 0.368. The molecule has 0 bridgehead atoms. The summed E-state index contributed by atoms with van der Waals surface area (Å²) in [5.74, 6) is -0.511. The molecule has 1 heterocycles. The maximum absolute atomic E-state index is 10.7. The Morgan fingerprint density at radius 3 is 2.58 bits per heavy atom. The van der Waals surface area contributed by atoms with Crippen LogP contribution in [-0.4, -0.2) is 16.0 Å². The van der Waals surface area contributed by atoms with Crippen molar-refractivity contribution >= 4 is 17.2 Å². The van der Waals surface area contributed by atoms with Gasteiger partial charge in [0.2, 0.25) is 0 Å². The van der Waals surface area contributed by atoms with Gasteiger partial charge in [-0.05, 0) is 13.8 Å². The summed E-state index contributed by atoms with van der Waals surface area (Å²) >= 11 is 1.11. The fraction of sp³-hybridized carbons (Fsp3) is 0.429. The maximum atomic E-state index is 10.7. The highest BCUT2D eigenvalue weighted by Crippen LogP contribution is 2.24. The molecule has 0 aliphatic heterocycles. The van der Waals surface area contributed by atoms with E-state index >= 15 is 0 Å². The summed E-state index contributed by atoms with van der Waals surface area (Å²) in [6, 6.07) is 0. The Balaban J connectivity index is 3.00. The molecule has 66 valence electrons. The summed E-state index contributed by atoms with van der Waals surface area (Å²) in [6.45, 7) is 3.22. The predicted molar refractivity (Wildman–Crippen MR) is 45.9 cm³/mol. The molecule has 1 rings (SSSR count). The largest absolute Gasteiger partial charge is 0.383 e. The van der Waals surface area contributed by atoms with E-state index in [1.165, 1.54) is 6.20 Å². The second kappa shape index (κ2) is 2.84. The second-order valence-corrected chi connectivity index (χ2v) is 3.98. The van der Waals surface area contributed by atoms with E-state index in [2.05, 4.69) is 4.98 Å². The zero-order valence-corrected chi connectivity index (χ0v) is 7.68. The highest BCUT2D eigenvalue weighted by Gasteiger charge is 2.21. The fourth-order valence-electron chi connectivity index (χ4n) is 0.671. The molecule has 0 saturated heterocycles. The molecule has 12 heavy (non-hydrogen) atoms. The Hall–Kier alpha value is -0.940. The molecule has 0 saturated carbocycles. The first-order chi connectivity index (χ1) is 5.41. The summed E-state index contributed by atoms with van der Waals surface area (Å²) in [5, 5.41) is 9.98. The number of aromatic nitrogens is 1. The van der Waals surface area contributed by atoms with Crippen LogP contribution in [0.4, 0.5) is 0 Å². The van der Waals surface area contributed by atoms with Gasteiger partial charge in [-0.15, -0.1) is 11.3 Å². The van der Waals surface area contributed by atoms with Gasteiger partial charge in [0.05, 0.1) is 6.20 Å². The van der Waals surface area contributed by atoms with Crippen LogP contribution in [0.1, 0.15) is 28.5 Å². The molecule has 3 N–H and O–H groups in total. The summed E-state index contributed by atoms with van der Waals surface area (Å²) in [7, 11) is 0. The third-order valence-corrected chi connectivity index (χ3v) is 2.60. The molecule has 0 aliphatic rings. The van der Waals surface area contributed by atoms with E-state index in [-0.39, 0.29) is 0 Å². The minimum atomic E-state index is -1.00. The van der Waals surface area contributed by atoms with Gasteiger partial charge in [-0.2, -0.15) is 0 Å². The van der Waals surface area contributed by atoms with E-state index in [4.69, 9.17) is 5.73 Å². The van der Waals surface area contributed by atoms with E-state index in [0.29, 0.717) is 9.88 Å². The Bertz CT molecular complexity index is 301. The molecule has 5 heteroatoms. The van der Waals surface area contributed by atoms with Gasteiger partial charge in [0.1, 0.15) is 15.5 Å². The lowest BCUT2D eigenvalue weighted by Crippen LogP contribution is -2.14. The smallest absolute Gasteiger partial charge is 0.260 e. The average molecular weight is 186 g/mol. The van der Waals surface area contributed by atoms with Crippen LogP contribution < -0.4 is 5.73 Å². The normalized spacial score (nSPS) is 11.6. The van der Waals surface area contributed by atoms with Gasteiger partial charge in [-0.3, -0.25) is 4.79 Å². The molecule has 0 fully saturated rings. The highest BCUT2D eigenvalue weighted by atomic mass is 32.1. The van der Waals surface area contributed by atoms with Gasteiger partial charge in [0.25, 0.3) is 5.91 Å². The van der Waals surface area contributed by atoms with Crippen molar-refractivity contribution in [2.24, 2.45) is 5.73 Å². The molecule has 1 aromatic rings. The van der Waals surface area contributed by atoms with Crippen molar-refractivity contribution in [3.63, 3.8) is 0 Å². The Kier molecular flexibility index (Phi) is 2.16. The van der Waals surface area contributed by atoms with Gasteiger partial charge in [0, 0.05) is 0 Å². The lowest BCUT2D eigenvalue weighted by molar-refractivity contribution is 0.0782. The predicted octanol–water partition coefficient (Wildman–Crippen LogP) is 0.469. The number of nitrogens with zero attached hydrogens (tertiary/aromatic N) is 1. The van der Waals surface area contributed by atoms with Gasteiger partial charge < -0.3 is 10.8 Å². The van der Waals surface area contributed by atoms with Crippen molar-refractivity contribution in [3.05, 3.63) is 16.1 Å². The SMILES string of the molecule is CC(C)(O)c1ncc(C(N)=O)s1.